The zero-order chi connectivity index (χ0) is 13.0. The molecule has 94 valence electrons. The molecule has 0 aliphatic rings. The lowest BCUT2D eigenvalue weighted by Gasteiger charge is -2.11. The van der Waals surface area contributed by atoms with E-state index in [1.807, 2.05) is 30.3 Å². The molecule has 0 bridgehead atoms. The number of anilines is 1. The Bertz CT molecular complexity index is 548. The van der Waals surface area contributed by atoms with Crippen LogP contribution >= 0.6 is 27.5 Å². The average Bonchev–Trinajstić information content (AvgIpc) is 2.38. The van der Waals surface area contributed by atoms with Crippen LogP contribution in [0, 0.1) is 0 Å². The fourth-order valence-corrected chi connectivity index (χ4v) is 2.39. The molecule has 2 aromatic rings. The third kappa shape index (κ3) is 3.15. The van der Waals surface area contributed by atoms with Gasteiger partial charge in [-0.15, -0.1) is 0 Å². The maximum atomic E-state index is 5.89. The molecule has 0 aliphatic heterocycles. The van der Waals surface area contributed by atoms with Crippen molar-refractivity contribution in [2.45, 2.75) is 6.54 Å². The van der Waals surface area contributed by atoms with Crippen molar-refractivity contribution in [1.29, 1.82) is 0 Å². The van der Waals surface area contributed by atoms with E-state index in [9.17, 15) is 0 Å². The minimum Gasteiger partial charge on any atom is -0.481 e. The lowest BCUT2D eigenvalue weighted by Crippen LogP contribution is -2.03. The molecule has 0 atom stereocenters. The number of rotatable bonds is 4. The minimum absolute atomic E-state index is 0.634. The Morgan fingerprint density at radius 2 is 2.22 bits per heavy atom. The molecule has 1 aromatic carbocycles. The summed E-state index contributed by atoms with van der Waals surface area (Å²) < 4.78 is 6.13. The Kier molecular flexibility index (Phi) is 4.44. The number of hydrogen-bond acceptors (Lipinski definition) is 3. The molecule has 1 aromatic heterocycles. The lowest BCUT2D eigenvalue weighted by molar-refractivity contribution is 0.393. The number of halogens is 2. The molecule has 0 saturated carbocycles. The van der Waals surface area contributed by atoms with Gasteiger partial charge in [0.05, 0.1) is 7.11 Å². The third-order valence-electron chi connectivity index (χ3n) is 2.44. The van der Waals surface area contributed by atoms with Crippen LogP contribution in [0.3, 0.4) is 0 Å². The van der Waals surface area contributed by atoms with Gasteiger partial charge in [-0.3, -0.25) is 0 Å². The van der Waals surface area contributed by atoms with E-state index in [0.29, 0.717) is 17.4 Å². The highest BCUT2D eigenvalue weighted by molar-refractivity contribution is 9.10. The summed E-state index contributed by atoms with van der Waals surface area (Å²) in [5, 5.41) is 4.01. The molecule has 3 nitrogen and oxygen atoms in total. The van der Waals surface area contributed by atoms with Gasteiger partial charge < -0.3 is 10.1 Å². The van der Waals surface area contributed by atoms with Gasteiger partial charge in [0, 0.05) is 33.5 Å². The Morgan fingerprint density at radius 1 is 1.39 bits per heavy atom. The van der Waals surface area contributed by atoms with Crippen LogP contribution < -0.4 is 10.1 Å². The summed E-state index contributed by atoms with van der Waals surface area (Å²) in [5.74, 6) is 0.634. The van der Waals surface area contributed by atoms with Gasteiger partial charge in [0.15, 0.2) is 0 Å². The number of benzene rings is 1. The molecule has 0 spiro atoms. The summed E-state index contributed by atoms with van der Waals surface area (Å²) in [4.78, 5) is 4.15. The number of pyridine rings is 1. The van der Waals surface area contributed by atoms with Crippen LogP contribution in [0.5, 0.6) is 5.88 Å². The van der Waals surface area contributed by atoms with Crippen LogP contribution in [0.25, 0.3) is 0 Å². The molecule has 18 heavy (non-hydrogen) atoms. The average molecular weight is 328 g/mol. The molecule has 5 heteroatoms. The van der Waals surface area contributed by atoms with E-state index in [1.165, 1.54) is 0 Å². The van der Waals surface area contributed by atoms with Gasteiger partial charge in [-0.1, -0.05) is 17.7 Å². The van der Waals surface area contributed by atoms with E-state index < -0.39 is 0 Å². The maximum absolute atomic E-state index is 5.89. The largest absolute Gasteiger partial charge is 0.481 e. The van der Waals surface area contributed by atoms with Crippen LogP contribution in [0.15, 0.2) is 41.0 Å². The molecule has 2 rings (SSSR count). The quantitative estimate of drug-likeness (QED) is 0.917. The fourth-order valence-electron chi connectivity index (χ4n) is 1.57. The van der Waals surface area contributed by atoms with E-state index in [0.717, 1.165) is 15.7 Å². The Hall–Kier alpha value is -1.26. The normalized spacial score (nSPS) is 10.2. The molecular formula is C13H12BrClN2O. The molecule has 1 heterocycles. The van der Waals surface area contributed by atoms with E-state index in [4.69, 9.17) is 16.3 Å². The fraction of sp³-hybridized carbons (Fsp3) is 0.154. The Morgan fingerprint density at radius 3 is 2.94 bits per heavy atom. The molecule has 0 saturated heterocycles. The van der Waals surface area contributed by atoms with Crippen LogP contribution in [0.4, 0.5) is 5.69 Å². The molecule has 1 N–H and O–H groups in total. The van der Waals surface area contributed by atoms with Crippen molar-refractivity contribution >= 4 is 33.2 Å². The standard InChI is InChI=1S/C13H12BrClN2O/c1-18-13-9(3-2-6-16-13)8-17-12-5-4-10(15)7-11(12)14/h2-7,17H,8H2,1H3. The number of nitrogens with one attached hydrogen (secondary N) is 1. The predicted molar refractivity (Wildman–Crippen MR) is 77.3 cm³/mol. The van der Waals surface area contributed by atoms with Crippen molar-refractivity contribution in [3.8, 4) is 5.88 Å². The molecule has 0 aliphatic carbocycles. The van der Waals surface area contributed by atoms with E-state index in [2.05, 4.69) is 26.2 Å². The number of aromatic nitrogens is 1. The lowest BCUT2D eigenvalue weighted by atomic mass is 10.2. The smallest absolute Gasteiger partial charge is 0.218 e. The van der Waals surface area contributed by atoms with Crippen molar-refractivity contribution in [2.24, 2.45) is 0 Å². The van der Waals surface area contributed by atoms with Crippen molar-refractivity contribution in [3.63, 3.8) is 0 Å². The second-order valence-corrected chi connectivity index (χ2v) is 4.94. The summed E-state index contributed by atoms with van der Waals surface area (Å²) in [6.07, 6.45) is 1.71. The SMILES string of the molecule is COc1ncccc1CNc1ccc(Cl)cc1Br. The van der Waals surface area contributed by atoms with Crippen LogP contribution in [-0.4, -0.2) is 12.1 Å². The maximum Gasteiger partial charge on any atom is 0.218 e. The van der Waals surface area contributed by atoms with E-state index in [-0.39, 0.29) is 0 Å². The molecule has 0 unspecified atom stereocenters. The summed E-state index contributed by atoms with van der Waals surface area (Å²) in [6, 6.07) is 9.48. The third-order valence-corrected chi connectivity index (χ3v) is 3.33. The highest BCUT2D eigenvalue weighted by Gasteiger charge is 2.04. The first-order chi connectivity index (χ1) is 8.70. The second-order valence-electron chi connectivity index (χ2n) is 3.65. The summed E-state index contributed by atoms with van der Waals surface area (Å²) in [7, 11) is 1.62. The molecule has 0 radical (unpaired) electrons. The Labute approximate surface area is 119 Å². The minimum atomic E-state index is 0.634. The second kappa shape index (κ2) is 6.07. The van der Waals surface area contributed by atoms with Crippen molar-refractivity contribution in [1.82, 2.24) is 4.98 Å². The van der Waals surface area contributed by atoms with Crippen LogP contribution in [-0.2, 0) is 6.54 Å². The van der Waals surface area contributed by atoms with Crippen molar-refractivity contribution < 1.29 is 4.74 Å². The highest BCUT2D eigenvalue weighted by atomic mass is 79.9. The molecule has 0 fully saturated rings. The summed E-state index contributed by atoms with van der Waals surface area (Å²) in [6.45, 7) is 0.636. The van der Waals surface area contributed by atoms with E-state index >= 15 is 0 Å². The molecule has 0 amide bonds. The van der Waals surface area contributed by atoms with Gasteiger partial charge in [-0.25, -0.2) is 4.98 Å². The van der Waals surface area contributed by atoms with Crippen molar-refractivity contribution in [2.75, 3.05) is 12.4 Å². The van der Waals surface area contributed by atoms with Gasteiger partial charge in [0.2, 0.25) is 5.88 Å². The monoisotopic (exact) mass is 326 g/mol. The van der Waals surface area contributed by atoms with Gasteiger partial charge in [0.25, 0.3) is 0 Å². The number of ether oxygens (including phenoxy) is 1. The predicted octanol–water partition coefficient (Wildman–Crippen LogP) is 4.12. The van der Waals surface area contributed by atoms with Gasteiger partial charge >= 0.3 is 0 Å². The van der Waals surface area contributed by atoms with E-state index in [1.54, 1.807) is 13.3 Å². The van der Waals surface area contributed by atoms with Gasteiger partial charge in [-0.05, 0) is 40.2 Å². The first-order valence-electron chi connectivity index (χ1n) is 5.37. The van der Waals surface area contributed by atoms with Crippen molar-refractivity contribution in [3.05, 3.63) is 51.6 Å². The van der Waals surface area contributed by atoms with Crippen LogP contribution in [0.2, 0.25) is 5.02 Å². The topological polar surface area (TPSA) is 34.1 Å². The summed E-state index contributed by atoms with van der Waals surface area (Å²) >= 11 is 9.36. The number of methoxy groups -OCH3 is 1. The van der Waals surface area contributed by atoms with Gasteiger partial charge in [0.1, 0.15) is 0 Å². The zero-order valence-electron chi connectivity index (χ0n) is 9.78. The first kappa shape index (κ1) is 13.2. The molecular weight excluding hydrogens is 316 g/mol. The zero-order valence-corrected chi connectivity index (χ0v) is 12.1. The summed E-state index contributed by atoms with van der Waals surface area (Å²) in [5.41, 5.74) is 1.98. The number of hydrogen-bond donors (Lipinski definition) is 1. The van der Waals surface area contributed by atoms with Crippen LogP contribution in [0.1, 0.15) is 5.56 Å². The Balaban J connectivity index is 2.11. The first-order valence-corrected chi connectivity index (χ1v) is 6.54. The van der Waals surface area contributed by atoms with Gasteiger partial charge in [-0.2, -0.15) is 0 Å². The highest BCUT2D eigenvalue weighted by Crippen LogP contribution is 2.26. The number of nitrogens with zero attached hydrogens (tertiary/aromatic N) is 1.